The van der Waals surface area contributed by atoms with Crippen LogP contribution in [0, 0.1) is 0 Å². The van der Waals surface area contributed by atoms with E-state index >= 15 is 0 Å². The van der Waals surface area contributed by atoms with Crippen LogP contribution >= 0.6 is 0 Å². The summed E-state index contributed by atoms with van der Waals surface area (Å²) in [6, 6.07) is 7.59. The normalized spacial score (nSPS) is 10.4. The Hall–Kier alpha value is -1.95. The second kappa shape index (κ2) is 4.71. The molecule has 1 aromatic carbocycles. The maximum atomic E-state index is 5.48. The Morgan fingerprint density at radius 3 is 3.06 bits per heavy atom. The van der Waals surface area contributed by atoms with Crippen LogP contribution in [0.5, 0.6) is 5.75 Å². The predicted molar refractivity (Wildman–Crippen MR) is 58.9 cm³/mol. The molecule has 0 unspecified atom stereocenters. The SMILES string of the molecule is COc1cccc(-c2nnnn2CCN)c1. The molecule has 0 bridgehead atoms. The molecule has 0 amide bonds. The molecule has 1 heterocycles. The molecular weight excluding hydrogens is 206 g/mol. The molecule has 0 spiro atoms. The fourth-order valence-electron chi connectivity index (χ4n) is 1.45. The Kier molecular flexibility index (Phi) is 3.11. The molecule has 2 N–H and O–H groups in total. The van der Waals surface area contributed by atoms with Gasteiger partial charge in [-0.2, -0.15) is 0 Å². The first-order valence-electron chi connectivity index (χ1n) is 4.96. The third-order valence-electron chi connectivity index (χ3n) is 2.20. The zero-order chi connectivity index (χ0) is 11.4. The monoisotopic (exact) mass is 219 g/mol. The maximum Gasteiger partial charge on any atom is 0.182 e. The predicted octanol–water partition coefficient (Wildman–Crippen LogP) is 0.307. The lowest BCUT2D eigenvalue weighted by Gasteiger charge is -2.04. The zero-order valence-corrected chi connectivity index (χ0v) is 9.00. The smallest absolute Gasteiger partial charge is 0.182 e. The first-order valence-corrected chi connectivity index (χ1v) is 4.96. The zero-order valence-electron chi connectivity index (χ0n) is 9.00. The summed E-state index contributed by atoms with van der Waals surface area (Å²) in [5.41, 5.74) is 6.40. The van der Waals surface area contributed by atoms with Crippen molar-refractivity contribution in [1.29, 1.82) is 0 Å². The Balaban J connectivity index is 2.37. The van der Waals surface area contributed by atoms with Crippen molar-refractivity contribution in [1.82, 2.24) is 20.2 Å². The fourth-order valence-corrected chi connectivity index (χ4v) is 1.45. The number of tetrazole rings is 1. The van der Waals surface area contributed by atoms with Crippen molar-refractivity contribution in [3.8, 4) is 17.1 Å². The first-order chi connectivity index (χ1) is 7.85. The van der Waals surface area contributed by atoms with Gasteiger partial charge in [0.25, 0.3) is 0 Å². The molecule has 6 nitrogen and oxygen atoms in total. The van der Waals surface area contributed by atoms with E-state index in [1.165, 1.54) is 0 Å². The van der Waals surface area contributed by atoms with Crippen molar-refractivity contribution in [3.05, 3.63) is 24.3 Å². The number of aromatic nitrogens is 4. The van der Waals surface area contributed by atoms with Gasteiger partial charge in [-0.05, 0) is 22.6 Å². The van der Waals surface area contributed by atoms with E-state index in [0.29, 0.717) is 18.9 Å². The molecule has 0 radical (unpaired) electrons. The van der Waals surface area contributed by atoms with E-state index in [-0.39, 0.29) is 0 Å². The summed E-state index contributed by atoms with van der Waals surface area (Å²) < 4.78 is 6.83. The van der Waals surface area contributed by atoms with Gasteiger partial charge in [-0.3, -0.25) is 0 Å². The van der Waals surface area contributed by atoms with E-state index < -0.39 is 0 Å². The number of methoxy groups -OCH3 is 1. The highest BCUT2D eigenvalue weighted by atomic mass is 16.5. The third kappa shape index (κ3) is 2.01. The number of rotatable bonds is 4. The maximum absolute atomic E-state index is 5.48. The van der Waals surface area contributed by atoms with E-state index in [2.05, 4.69) is 15.5 Å². The van der Waals surface area contributed by atoms with Crippen LogP contribution < -0.4 is 10.5 Å². The van der Waals surface area contributed by atoms with Crippen LogP contribution in [0.3, 0.4) is 0 Å². The number of hydrogen-bond acceptors (Lipinski definition) is 5. The van der Waals surface area contributed by atoms with Crippen LogP contribution in [0.2, 0.25) is 0 Å². The topological polar surface area (TPSA) is 78.9 Å². The Labute approximate surface area is 93.0 Å². The molecule has 2 rings (SSSR count). The van der Waals surface area contributed by atoms with E-state index in [9.17, 15) is 0 Å². The van der Waals surface area contributed by atoms with Gasteiger partial charge in [0.15, 0.2) is 5.82 Å². The fraction of sp³-hybridized carbons (Fsp3) is 0.300. The van der Waals surface area contributed by atoms with Crippen LogP contribution in [-0.2, 0) is 6.54 Å². The minimum absolute atomic E-state index is 0.502. The van der Waals surface area contributed by atoms with E-state index in [1.807, 2.05) is 24.3 Å². The number of benzene rings is 1. The van der Waals surface area contributed by atoms with Crippen LogP contribution in [-0.4, -0.2) is 33.9 Å². The molecule has 0 aliphatic rings. The van der Waals surface area contributed by atoms with Gasteiger partial charge in [0.05, 0.1) is 13.7 Å². The van der Waals surface area contributed by atoms with E-state index in [1.54, 1.807) is 11.8 Å². The van der Waals surface area contributed by atoms with Gasteiger partial charge >= 0.3 is 0 Å². The molecule has 0 aliphatic heterocycles. The van der Waals surface area contributed by atoms with Gasteiger partial charge in [0.1, 0.15) is 5.75 Å². The van der Waals surface area contributed by atoms with E-state index in [4.69, 9.17) is 10.5 Å². The lowest BCUT2D eigenvalue weighted by atomic mass is 10.2. The van der Waals surface area contributed by atoms with Gasteiger partial charge < -0.3 is 10.5 Å². The van der Waals surface area contributed by atoms with Crippen LogP contribution in [0.25, 0.3) is 11.4 Å². The number of nitrogens with two attached hydrogens (primary N) is 1. The third-order valence-corrected chi connectivity index (χ3v) is 2.20. The second-order valence-electron chi connectivity index (χ2n) is 3.25. The van der Waals surface area contributed by atoms with Crippen molar-refractivity contribution >= 4 is 0 Å². The highest BCUT2D eigenvalue weighted by Crippen LogP contribution is 2.20. The Morgan fingerprint density at radius 2 is 2.31 bits per heavy atom. The molecule has 2 aromatic rings. The molecule has 6 heteroatoms. The average Bonchev–Trinajstić information content (AvgIpc) is 2.78. The summed E-state index contributed by atoms with van der Waals surface area (Å²) in [4.78, 5) is 0. The quantitative estimate of drug-likeness (QED) is 0.800. The van der Waals surface area contributed by atoms with Crippen LogP contribution in [0.4, 0.5) is 0 Å². The molecule has 84 valence electrons. The van der Waals surface area contributed by atoms with Gasteiger partial charge in [-0.25, -0.2) is 4.68 Å². The summed E-state index contributed by atoms with van der Waals surface area (Å²) in [7, 11) is 1.63. The molecule has 0 atom stereocenters. The Morgan fingerprint density at radius 1 is 1.44 bits per heavy atom. The van der Waals surface area contributed by atoms with Crippen LogP contribution in [0.1, 0.15) is 0 Å². The molecule has 0 saturated carbocycles. The highest BCUT2D eigenvalue weighted by Gasteiger charge is 2.08. The summed E-state index contributed by atoms with van der Waals surface area (Å²) >= 11 is 0. The lowest BCUT2D eigenvalue weighted by molar-refractivity contribution is 0.415. The summed E-state index contributed by atoms with van der Waals surface area (Å²) in [6.45, 7) is 1.10. The summed E-state index contributed by atoms with van der Waals surface area (Å²) in [5, 5.41) is 11.5. The average molecular weight is 219 g/mol. The standard InChI is InChI=1S/C10H13N5O/c1-16-9-4-2-3-8(7-9)10-12-13-14-15(10)6-5-11/h2-4,7H,5-6,11H2,1H3. The lowest BCUT2D eigenvalue weighted by Crippen LogP contribution is -2.12. The number of ether oxygens (including phenoxy) is 1. The van der Waals surface area contributed by atoms with Gasteiger partial charge in [-0.15, -0.1) is 5.10 Å². The largest absolute Gasteiger partial charge is 0.497 e. The first kappa shape index (κ1) is 10.6. The van der Waals surface area contributed by atoms with Crippen molar-refractivity contribution in [2.45, 2.75) is 6.54 Å². The molecular formula is C10H13N5O. The van der Waals surface area contributed by atoms with Crippen molar-refractivity contribution < 1.29 is 4.74 Å². The summed E-state index contributed by atoms with van der Waals surface area (Å²) in [6.07, 6.45) is 0. The Bertz CT molecular complexity index is 468. The van der Waals surface area contributed by atoms with Crippen molar-refractivity contribution in [2.24, 2.45) is 5.73 Å². The second-order valence-corrected chi connectivity index (χ2v) is 3.25. The van der Waals surface area contributed by atoms with Gasteiger partial charge in [-0.1, -0.05) is 12.1 Å². The molecule has 0 saturated heterocycles. The molecule has 1 aromatic heterocycles. The molecule has 0 fully saturated rings. The molecule has 16 heavy (non-hydrogen) atoms. The highest BCUT2D eigenvalue weighted by molar-refractivity contribution is 5.57. The minimum Gasteiger partial charge on any atom is -0.497 e. The summed E-state index contributed by atoms with van der Waals surface area (Å²) in [5.74, 6) is 1.48. The van der Waals surface area contributed by atoms with Crippen molar-refractivity contribution in [3.63, 3.8) is 0 Å². The van der Waals surface area contributed by atoms with Gasteiger partial charge in [0.2, 0.25) is 0 Å². The number of nitrogens with zero attached hydrogens (tertiary/aromatic N) is 4. The van der Waals surface area contributed by atoms with Crippen LogP contribution in [0.15, 0.2) is 24.3 Å². The minimum atomic E-state index is 0.502. The van der Waals surface area contributed by atoms with E-state index in [0.717, 1.165) is 11.3 Å². The van der Waals surface area contributed by atoms with Gasteiger partial charge in [0, 0.05) is 12.1 Å². The molecule has 0 aliphatic carbocycles. The number of hydrogen-bond donors (Lipinski definition) is 1. The van der Waals surface area contributed by atoms with Crippen molar-refractivity contribution in [2.75, 3.05) is 13.7 Å².